The largest absolute Gasteiger partial charge is 0.392 e. The number of halogens is 1. The highest BCUT2D eigenvalue weighted by Gasteiger charge is 2.54. The highest BCUT2D eigenvalue weighted by Crippen LogP contribution is 2.48. The number of aliphatic hydroxyl groups excluding tert-OH is 1. The molecular formula is C18H22FN3O2. The van der Waals surface area contributed by atoms with Gasteiger partial charge in [-0.2, -0.15) is 5.10 Å². The van der Waals surface area contributed by atoms with E-state index in [1.807, 2.05) is 12.3 Å². The Bertz CT molecular complexity index is 695. The van der Waals surface area contributed by atoms with E-state index in [1.54, 1.807) is 16.8 Å². The quantitative estimate of drug-likeness (QED) is 0.900. The summed E-state index contributed by atoms with van der Waals surface area (Å²) in [6.07, 6.45) is 4.27. The summed E-state index contributed by atoms with van der Waals surface area (Å²) in [6, 6.07) is 8.55. The molecule has 2 N–H and O–H groups in total. The molecule has 2 atom stereocenters. The van der Waals surface area contributed by atoms with Gasteiger partial charge in [0.15, 0.2) is 0 Å². The van der Waals surface area contributed by atoms with Gasteiger partial charge < -0.3 is 15.2 Å². The third kappa shape index (κ3) is 2.75. The summed E-state index contributed by atoms with van der Waals surface area (Å²) in [4.78, 5) is 0. The van der Waals surface area contributed by atoms with Crippen LogP contribution >= 0.6 is 0 Å². The van der Waals surface area contributed by atoms with Crippen LogP contribution in [0.5, 0.6) is 0 Å². The second-order valence-electron chi connectivity index (χ2n) is 6.76. The molecule has 1 spiro atoms. The van der Waals surface area contributed by atoms with E-state index in [1.165, 1.54) is 12.1 Å². The number of nitrogens with one attached hydrogen (secondary N) is 1. The number of aromatic nitrogens is 2. The number of ether oxygens (including phenoxy) is 1. The normalized spacial score (nSPS) is 25.6. The molecule has 2 heterocycles. The van der Waals surface area contributed by atoms with Crippen LogP contribution in [-0.4, -0.2) is 40.2 Å². The molecule has 1 aromatic carbocycles. The standard InChI is InChI=1S/C18H22FN3O2/c19-13-1-3-15(4-2-13)22-8-5-14(21-22)12-20-16-11-17(23)18(16)6-9-24-10-7-18/h1-5,8,16-17,20,23H,6-7,9-12H2/t16-,17-/m1/s1. The topological polar surface area (TPSA) is 59.3 Å². The molecule has 128 valence electrons. The van der Waals surface area contributed by atoms with Crippen LogP contribution in [0.1, 0.15) is 25.0 Å². The fourth-order valence-electron chi connectivity index (χ4n) is 3.91. The zero-order valence-electron chi connectivity index (χ0n) is 13.5. The lowest BCUT2D eigenvalue weighted by molar-refractivity contribution is -0.149. The summed E-state index contributed by atoms with van der Waals surface area (Å²) in [5, 5.41) is 18.3. The molecule has 1 aromatic heterocycles. The van der Waals surface area contributed by atoms with E-state index in [4.69, 9.17) is 4.74 Å². The van der Waals surface area contributed by atoms with Crippen molar-refractivity contribution in [3.8, 4) is 5.69 Å². The minimum Gasteiger partial charge on any atom is -0.392 e. The number of rotatable bonds is 4. The number of benzene rings is 1. The van der Waals surface area contributed by atoms with Crippen molar-refractivity contribution in [2.24, 2.45) is 5.41 Å². The molecule has 5 nitrogen and oxygen atoms in total. The lowest BCUT2D eigenvalue weighted by atomic mass is 9.58. The molecule has 1 saturated heterocycles. The lowest BCUT2D eigenvalue weighted by Crippen LogP contribution is -2.64. The Balaban J connectivity index is 1.39. The predicted octanol–water partition coefficient (Wildman–Crippen LogP) is 2.03. The second kappa shape index (κ2) is 6.27. The van der Waals surface area contributed by atoms with E-state index in [0.29, 0.717) is 12.6 Å². The van der Waals surface area contributed by atoms with Gasteiger partial charge in [-0.05, 0) is 49.6 Å². The molecule has 24 heavy (non-hydrogen) atoms. The van der Waals surface area contributed by atoms with Crippen molar-refractivity contribution in [2.45, 2.75) is 38.0 Å². The van der Waals surface area contributed by atoms with E-state index in [-0.39, 0.29) is 17.3 Å². The van der Waals surface area contributed by atoms with Gasteiger partial charge in [-0.25, -0.2) is 9.07 Å². The maximum atomic E-state index is 13.0. The minimum atomic E-state index is -0.252. The highest BCUT2D eigenvalue weighted by atomic mass is 19.1. The third-order valence-corrected chi connectivity index (χ3v) is 5.51. The van der Waals surface area contributed by atoms with Gasteiger partial charge in [0.05, 0.1) is 17.5 Å². The monoisotopic (exact) mass is 331 g/mol. The number of hydrogen-bond donors (Lipinski definition) is 2. The second-order valence-corrected chi connectivity index (χ2v) is 6.76. The maximum absolute atomic E-state index is 13.0. The Kier molecular flexibility index (Phi) is 4.12. The molecule has 2 aromatic rings. The van der Waals surface area contributed by atoms with Crippen LogP contribution in [0.15, 0.2) is 36.5 Å². The van der Waals surface area contributed by atoms with Crippen LogP contribution in [0.25, 0.3) is 5.69 Å². The zero-order valence-corrected chi connectivity index (χ0v) is 13.5. The van der Waals surface area contributed by atoms with Gasteiger partial charge in [0.1, 0.15) is 5.82 Å². The van der Waals surface area contributed by atoms with E-state index in [9.17, 15) is 9.50 Å². The van der Waals surface area contributed by atoms with Crippen LogP contribution in [-0.2, 0) is 11.3 Å². The fraction of sp³-hybridized carbons (Fsp3) is 0.500. The molecule has 0 amide bonds. The minimum absolute atomic E-state index is 0.0300. The van der Waals surface area contributed by atoms with Crippen molar-refractivity contribution in [1.29, 1.82) is 0 Å². The Morgan fingerprint density at radius 2 is 2.00 bits per heavy atom. The summed E-state index contributed by atoms with van der Waals surface area (Å²) in [7, 11) is 0. The molecule has 0 bridgehead atoms. The third-order valence-electron chi connectivity index (χ3n) is 5.51. The molecular weight excluding hydrogens is 309 g/mol. The van der Waals surface area contributed by atoms with Crippen LogP contribution < -0.4 is 5.32 Å². The molecule has 2 fully saturated rings. The molecule has 1 aliphatic carbocycles. The maximum Gasteiger partial charge on any atom is 0.123 e. The molecule has 0 radical (unpaired) electrons. The van der Waals surface area contributed by atoms with E-state index in [0.717, 1.165) is 43.9 Å². The van der Waals surface area contributed by atoms with Crippen molar-refractivity contribution in [1.82, 2.24) is 15.1 Å². The first-order valence-electron chi connectivity index (χ1n) is 8.47. The van der Waals surface area contributed by atoms with Gasteiger partial charge >= 0.3 is 0 Å². The molecule has 0 unspecified atom stereocenters. The number of hydrogen-bond acceptors (Lipinski definition) is 4. The first kappa shape index (κ1) is 15.7. The van der Waals surface area contributed by atoms with Crippen LogP contribution in [0, 0.1) is 11.2 Å². The van der Waals surface area contributed by atoms with Crippen LogP contribution in [0.4, 0.5) is 4.39 Å². The van der Waals surface area contributed by atoms with Crippen molar-refractivity contribution < 1.29 is 14.2 Å². The predicted molar refractivity (Wildman–Crippen MR) is 87.3 cm³/mol. The Hall–Kier alpha value is -1.76. The summed E-state index contributed by atoms with van der Waals surface area (Å²) in [5.41, 5.74) is 1.74. The average molecular weight is 331 g/mol. The van der Waals surface area contributed by atoms with Gasteiger partial charge in [0.2, 0.25) is 0 Å². The molecule has 4 rings (SSSR count). The van der Waals surface area contributed by atoms with Crippen molar-refractivity contribution in [2.75, 3.05) is 13.2 Å². The van der Waals surface area contributed by atoms with E-state index in [2.05, 4.69) is 10.4 Å². The van der Waals surface area contributed by atoms with Gasteiger partial charge in [-0.3, -0.25) is 0 Å². The number of nitrogens with zero attached hydrogens (tertiary/aromatic N) is 2. The van der Waals surface area contributed by atoms with E-state index < -0.39 is 0 Å². The zero-order chi connectivity index (χ0) is 16.6. The van der Waals surface area contributed by atoms with Gasteiger partial charge in [0, 0.05) is 37.4 Å². The summed E-state index contributed by atoms with van der Waals surface area (Å²) < 4.78 is 20.2. The first-order valence-corrected chi connectivity index (χ1v) is 8.47. The Morgan fingerprint density at radius 1 is 1.25 bits per heavy atom. The first-order chi connectivity index (χ1) is 11.7. The molecule has 2 aliphatic rings. The average Bonchev–Trinajstić information content (AvgIpc) is 3.09. The van der Waals surface area contributed by atoms with Crippen LogP contribution in [0.3, 0.4) is 0 Å². The molecule has 1 aliphatic heterocycles. The number of aliphatic hydroxyl groups is 1. The smallest absolute Gasteiger partial charge is 0.123 e. The Morgan fingerprint density at radius 3 is 2.71 bits per heavy atom. The van der Waals surface area contributed by atoms with Crippen molar-refractivity contribution >= 4 is 0 Å². The van der Waals surface area contributed by atoms with Crippen molar-refractivity contribution in [3.63, 3.8) is 0 Å². The van der Waals surface area contributed by atoms with Crippen molar-refractivity contribution in [3.05, 3.63) is 48.0 Å². The van der Waals surface area contributed by atoms with Gasteiger partial charge in [-0.15, -0.1) is 0 Å². The highest BCUT2D eigenvalue weighted by molar-refractivity contribution is 5.31. The lowest BCUT2D eigenvalue weighted by Gasteiger charge is -2.55. The summed E-state index contributed by atoms with van der Waals surface area (Å²) in [5.74, 6) is -0.252. The molecule has 6 heteroatoms. The summed E-state index contributed by atoms with van der Waals surface area (Å²) >= 11 is 0. The van der Waals surface area contributed by atoms with Crippen LogP contribution in [0.2, 0.25) is 0 Å². The van der Waals surface area contributed by atoms with E-state index >= 15 is 0 Å². The Labute approximate surface area is 140 Å². The molecule has 1 saturated carbocycles. The fourth-order valence-corrected chi connectivity index (χ4v) is 3.91. The SMILES string of the molecule is O[C@@H]1C[C@@H](NCc2ccn(-c3ccc(F)cc3)n2)C12CCOCC2. The van der Waals surface area contributed by atoms with Gasteiger partial charge in [0.25, 0.3) is 0 Å². The van der Waals surface area contributed by atoms with Gasteiger partial charge in [-0.1, -0.05) is 0 Å². The summed E-state index contributed by atoms with van der Waals surface area (Å²) in [6.45, 7) is 2.12.